The lowest BCUT2D eigenvalue weighted by Gasteiger charge is -2.19. The van der Waals surface area contributed by atoms with E-state index in [2.05, 4.69) is 25.9 Å². The van der Waals surface area contributed by atoms with Crippen LogP contribution in [0.15, 0.2) is 34.9 Å². The Hall–Kier alpha value is -1.66. The van der Waals surface area contributed by atoms with E-state index in [0.717, 1.165) is 21.6 Å². The van der Waals surface area contributed by atoms with Crippen LogP contribution in [0.5, 0.6) is 0 Å². The normalized spacial score (nSPS) is 12.6. The summed E-state index contributed by atoms with van der Waals surface area (Å²) >= 11 is 3.40. The Morgan fingerprint density at radius 2 is 2.10 bits per heavy atom. The van der Waals surface area contributed by atoms with Crippen molar-refractivity contribution in [3.05, 3.63) is 40.8 Å². The van der Waals surface area contributed by atoms with Gasteiger partial charge in [0, 0.05) is 4.47 Å². The summed E-state index contributed by atoms with van der Waals surface area (Å²) in [5.41, 5.74) is 1.96. The van der Waals surface area contributed by atoms with Gasteiger partial charge < -0.3 is 10.1 Å². The third kappa shape index (κ3) is 3.46. The van der Waals surface area contributed by atoms with Crippen LogP contribution < -0.4 is 0 Å². The van der Waals surface area contributed by atoms with Gasteiger partial charge in [0.1, 0.15) is 11.9 Å². The quantitative estimate of drug-likeness (QED) is 0.880. The number of aromatic amines is 1. The van der Waals surface area contributed by atoms with Crippen molar-refractivity contribution in [1.29, 1.82) is 0 Å². The minimum Gasteiger partial charge on any atom is -0.480 e. The topological polar surface area (TPSA) is 69.2 Å². The molecule has 6 heteroatoms. The number of nitrogens with one attached hydrogen (secondary N) is 1. The van der Waals surface area contributed by atoms with Gasteiger partial charge in [0.15, 0.2) is 0 Å². The fraction of sp³-hybridized carbons (Fsp3) is 0.286. The second-order valence-corrected chi connectivity index (χ2v) is 5.60. The molecule has 1 heterocycles. The Kier molecular flexibility index (Phi) is 4.57. The van der Waals surface area contributed by atoms with Crippen molar-refractivity contribution in [2.45, 2.75) is 19.5 Å². The zero-order chi connectivity index (χ0) is 14.7. The number of halogens is 1. The number of aliphatic carboxylic acids is 1. The summed E-state index contributed by atoms with van der Waals surface area (Å²) in [6, 6.07) is 7.37. The van der Waals surface area contributed by atoms with E-state index in [1.165, 1.54) is 0 Å². The molecular weight excluding hydrogens is 322 g/mol. The number of rotatable bonds is 5. The first-order valence-electron chi connectivity index (χ1n) is 6.20. The number of hydrogen-bond donors (Lipinski definition) is 2. The Bertz CT molecular complexity index is 595. The maximum absolute atomic E-state index is 10.9. The van der Waals surface area contributed by atoms with Gasteiger partial charge in [-0.15, -0.1) is 0 Å². The van der Waals surface area contributed by atoms with Crippen LogP contribution in [0.25, 0.3) is 11.3 Å². The van der Waals surface area contributed by atoms with Crippen LogP contribution in [-0.2, 0) is 11.3 Å². The summed E-state index contributed by atoms with van der Waals surface area (Å²) in [5, 5.41) is 8.96. The third-order valence-electron chi connectivity index (χ3n) is 3.20. The summed E-state index contributed by atoms with van der Waals surface area (Å²) in [6.45, 7) is 2.12. The Morgan fingerprint density at radius 3 is 2.70 bits per heavy atom. The molecule has 0 saturated heterocycles. The minimum atomic E-state index is -0.841. The molecule has 0 aliphatic carbocycles. The molecule has 0 aliphatic heterocycles. The molecular formula is C14H16BrN3O2. The molecule has 0 bridgehead atoms. The van der Waals surface area contributed by atoms with Gasteiger partial charge in [-0.3, -0.25) is 9.69 Å². The van der Waals surface area contributed by atoms with Gasteiger partial charge in [-0.25, -0.2) is 4.98 Å². The lowest BCUT2D eigenvalue weighted by Crippen LogP contribution is -2.35. The second kappa shape index (κ2) is 6.19. The van der Waals surface area contributed by atoms with E-state index in [9.17, 15) is 4.79 Å². The number of carboxylic acid groups (broad SMARTS) is 1. The van der Waals surface area contributed by atoms with Crippen LogP contribution in [0, 0.1) is 0 Å². The molecule has 20 heavy (non-hydrogen) atoms. The first-order valence-corrected chi connectivity index (χ1v) is 6.99. The van der Waals surface area contributed by atoms with Crippen LogP contribution in [0.4, 0.5) is 0 Å². The second-order valence-electron chi connectivity index (χ2n) is 4.68. The van der Waals surface area contributed by atoms with Gasteiger partial charge in [-0.2, -0.15) is 0 Å². The number of aromatic nitrogens is 2. The molecule has 1 unspecified atom stereocenters. The van der Waals surface area contributed by atoms with Crippen molar-refractivity contribution in [1.82, 2.24) is 14.9 Å². The van der Waals surface area contributed by atoms with Gasteiger partial charge in [0.05, 0.1) is 18.4 Å². The van der Waals surface area contributed by atoms with E-state index < -0.39 is 12.0 Å². The number of nitrogens with zero attached hydrogens (tertiary/aromatic N) is 2. The maximum Gasteiger partial charge on any atom is 0.320 e. The molecule has 1 atom stereocenters. The van der Waals surface area contributed by atoms with Crippen molar-refractivity contribution in [3.8, 4) is 11.3 Å². The summed E-state index contributed by atoms with van der Waals surface area (Å²) in [7, 11) is 1.76. The fourth-order valence-corrected chi connectivity index (χ4v) is 2.05. The van der Waals surface area contributed by atoms with E-state index in [1.807, 2.05) is 24.3 Å². The molecule has 1 aromatic carbocycles. The molecule has 0 fully saturated rings. The number of hydrogen-bond acceptors (Lipinski definition) is 3. The lowest BCUT2D eigenvalue weighted by molar-refractivity contribution is -0.142. The first kappa shape index (κ1) is 14.7. The van der Waals surface area contributed by atoms with Gasteiger partial charge in [-0.05, 0) is 31.7 Å². The molecule has 2 rings (SSSR count). The predicted octanol–water partition coefficient (Wildman–Crippen LogP) is 2.74. The van der Waals surface area contributed by atoms with Crippen LogP contribution in [-0.4, -0.2) is 39.0 Å². The molecule has 0 amide bonds. The highest BCUT2D eigenvalue weighted by Gasteiger charge is 2.17. The standard InChI is InChI=1S/C14H16BrN3O2/c1-9(14(19)20)18(2)8-13-16-7-12(17-13)10-3-5-11(15)6-4-10/h3-7,9H,8H2,1-2H3,(H,16,17)(H,19,20). The minimum absolute atomic E-state index is 0.462. The van der Waals surface area contributed by atoms with E-state index >= 15 is 0 Å². The smallest absolute Gasteiger partial charge is 0.320 e. The zero-order valence-corrected chi connectivity index (χ0v) is 12.9. The molecule has 0 radical (unpaired) electrons. The van der Waals surface area contributed by atoms with E-state index in [1.54, 1.807) is 25.1 Å². The molecule has 0 saturated carbocycles. The molecule has 5 nitrogen and oxygen atoms in total. The predicted molar refractivity (Wildman–Crippen MR) is 80.3 cm³/mol. The highest BCUT2D eigenvalue weighted by Crippen LogP contribution is 2.20. The molecule has 106 valence electrons. The highest BCUT2D eigenvalue weighted by atomic mass is 79.9. The van der Waals surface area contributed by atoms with Crippen molar-refractivity contribution in [2.24, 2.45) is 0 Å². The number of imidazole rings is 1. The first-order chi connectivity index (χ1) is 9.47. The largest absolute Gasteiger partial charge is 0.480 e. The molecule has 2 aromatic rings. The molecule has 0 spiro atoms. The Labute approximate surface area is 125 Å². The number of benzene rings is 1. The molecule has 0 aliphatic rings. The van der Waals surface area contributed by atoms with Gasteiger partial charge in [0.2, 0.25) is 0 Å². The van der Waals surface area contributed by atoms with Crippen LogP contribution in [0.1, 0.15) is 12.7 Å². The Balaban J connectivity index is 2.09. The van der Waals surface area contributed by atoms with Crippen molar-refractivity contribution >= 4 is 21.9 Å². The van der Waals surface area contributed by atoms with Crippen molar-refractivity contribution < 1.29 is 9.90 Å². The highest BCUT2D eigenvalue weighted by molar-refractivity contribution is 9.10. The number of carboxylic acids is 1. The van der Waals surface area contributed by atoms with Gasteiger partial charge in [0.25, 0.3) is 0 Å². The summed E-state index contributed by atoms with van der Waals surface area (Å²) < 4.78 is 1.02. The van der Waals surface area contributed by atoms with Crippen LogP contribution in [0.3, 0.4) is 0 Å². The third-order valence-corrected chi connectivity index (χ3v) is 3.73. The van der Waals surface area contributed by atoms with Crippen molar-refractivity contribution in [2.75, 3.05) is 7.05 Å². The fourth-order valence-electron chi connectivity index (χ4n) is 1.78. The summed E-state index contributed by atoms with van der Waals surface area (Å²) in [4.78, 5) is 20.1. The average Bonchev–Trinajstić information content (AvgIpc) is 2.87. The number of likely N-dealkylation sites (N-methyl/N-ethyl adjacent to an activating group) is 1. The van der Waals surface area contributed by atoms with E-state index in [4.69, 9.17) is 5.11 Å². The summed E-state index contributed by atoms with van der Waals surface area (Å²) in [5.74, 6) is -0.0919. The molecule has 2 N–H and O–H groups in total. The van der Waals surface area contributed by atoms with Crippen LogP contribution >= 0.6 is 15.9 Å². The van der Waals surface area contributed by atoms with E-state index in [0.29, 0.717) is 6.54 Å². The SMILES string of the molecule is CC(C(=O)O)N(C)Cc1ncc(-c2ccc(Br)cc2)[nH]1. The van der Waals surface area contributed by atoms with Crippen LogP contribution in [0.2, 0.25) is 0 Å². The average molecular weight is 338 g/mol. The lowest BCUT2D eigenvalue weighted by atomic mass is 10.2. The summed E-state index contributed by atoms with van der Waals surface area (Å²) in [6.07, 6.45) is 1.76. The number of H-pyrrole nitrogens is 1. The van der Waals surface area contributed by atoms with Gasteiger partial charge in [-0.1, -0.05) is 28.1 Å². The monoisotopic (exact) mass is 337 g/mol. The van der Waals surface area contributed by atoms with Crippen molar-refractivity contribution in [3.63, 3.8) is 0 Å². The zero-order valence-electron chi connectivity index (χ0n) is 11.3. The number of carbonyl (C=O) groups is 1. The maximum atomic E-state index is 10.9. The molecule has 1 aromatic heterocycles. The van der Waals surface area contributed by atoms with E-state index in [-0.39, 0.29) is 0 Å². The van der Waals surface area contributed by atoms with Gasteiger partial charge >= 0.3 is 5.97 Å². The Morgan fingerprint density at radius 1 is 1.45 bits per heavy atom.